The number of ether oxygens (including phenoxy) is 2. The van der Waals surface area contributed by atoms with E-state index in [2.05, 4.69) is 6.07 Å². The molecular weight excluding hydrogens is 402 g/mol. The molecule has 0 saturated heterocycles. The fourth-order valence-corrected chi connectivity index (χ4v) is 4.08. The summed E-state index contributed by atoms with van der Waals surface area (Å²) in [4.78, 5) is 13.8. The van der Waals surface area contributed by atoms with Crippen molar-refractivity contribution in [2.45, 2.75) is 33.2 Å². The van der Waals surface area contributed by atoms with Crippen molar-refractivity contribution in [3.8, 4) is 17.6 Å². The summed E-state index contributed by atoms with van der Waals surface area (Å²) in [6.07, 6.45) is 0. The summed E-state index contributed by atoms with van der Waals surface area (Å²) in [6.45, 7) is 6.65. The standard InChI is InChI=1S/C26H25N3O3/c1-4-31-21-8-6-5-7-19(21)23-20(14-27)25(28)32-22-13-17(3)29(26(30)24(22)23)15-18-11-9-16(2)10-12-18/h5-13,23H,4,15,28H2,1-3H3. The van der Waals surface area contributed by atoms with E-state index in [1.807, 2.05) is 75.4 Å². The van der Waals surface area contributed by atoms with E-state index in [0.29, 0.717) is 35.8 Å². The summed E-state index contributed by atoms with van der Waals surface area (Å²) in [5, 5.41) is 9.90. The van der Waals surface area contributed by atoms with Crippen LogP contribution in [0.2, 0.25) is 0 Å². The Kier molecular flexibility index (Phi) is 5.74. The lowest BCUT2D eigenvalue weighted by Gasteiger charge is -2.28. The van der Waals surface area contributed by atoms with Crippen LogP contribution < -0.4 is 20.8 Å². The third-order valence-electron chi connectivity index (χ3n) is 5.68. The molecule has 162 valence electrons. The van der Waals surface area contributed by atoms with Gasteiger partial charge in [-0.2, -0.15) is 5.26 Å². The van der Waals surface area contributed by atoms with Gasteiger partial charge in [-0.25, -0.2) is 0 Å². The Bertz CT molecular complexity index is 1300. The number of aromatic nitrogens is 1. The second kappa shape index (κ2) is 8.64. The first-order valence-electron chi connectivity index (χ1n) is 10.5. The molecule has 2 N–H and O–H groups in total. The topological polar surface area (TPSA) is 90.3 Å². The van der Waals surface area contributed by atoms with Gasteiger partial charge in [0, 0.05) is 17.3 Å². The van der Waals surface area contributed by atoms with Crippen LogP contribution in [-0.2, 0) is 6.54 Å². The van der Waals surface area contributed by atoms with Gasteiger partial charge in [-0.1, -0.05) is 48.0 Å². The summed E-state index contributed by atoms with van der Waals surface area (Å²) in [7, 11) is 0. The first-order chi connectivity index (χ1) is 15.4. The average molecular weight is 428 g/mol. The van der Waals surface area contributed by atoms with Crippen LogP contribution in [0.5, 0.6) is 11.5 Å². The van der Waals surface area contributed by atoms with E-state index in [0.717, 1.165) is 16.8 Å². The Morgan fingerprint density at radius 1 is 1.16 bits per heavy atom. The highest BCUT2D eigenvalue weighted by Crippen LogP contribution is 2.43. The molecule has 1 aliphatic rings. The molecule has 0 amide bonds. The van der Waals surface area contributed by atoms with Gasteiger partial charge in [0.15, 0.2) is 0 Å². The van der Waals surface area contributed by atoms with E-state index in [-0.39, 0.29) is 17.0 Å². The normalized spacial score (nSPS) is 15.0. The molecule has 0 aliphatic carbocycles. The summed E-state index contributed by atoms with van der Waals surface area (Å²) in [5.41, 5.74) is 10.1. The van der Waals surface area contributed by atoms with Crippen molar-refractivity contribution in [2.24, 2.45) is 5.73 Å². The summed E-state index contributed by atoms with van der Waals surface area (Å²) >= 11 is 0. The van der Waals surface area contributed by atoms with Crippen molar-refractivity contribution >= 4 is 0 Å². The molecule has 0 bridgehead atoms. The Hall–Kier alpha value is -3.98. The van der Waals surface area contributed by atoms with Gasteiger partial charge in [0.1, 0.15) is 23.1 Å². The molecule has 0 saturated carbocycles. The molecular formula is C26H25N3O3. The van der Waals surface area contributed by atoms with Gasteiger partial charge >= 0.3 is 0 Å². The van der Waals surface area contributed by atoms with Crippen molar-refractivity contribution < 1.29 is 9.47 Å². The second-order valence-corrected chi connectivity index (χ2v) is 7.84. The van der Waals surface area contributed by atoms with Crippen LogP contribution in [0.4, 0.5) is 0 Å². The first kappa shape index (κ1) is 21.3. The van der Waals surface area contributed by atoms with Crippen molar-refractivity contribution in [3.05, 3.63) is 104 Å². The lowest BCUT2D eigenvalue weighted by molar-refractivity contribution is 0.334. The number of pyridine rings is 1. The lowest BCUT2D eigenvalue weighted by atomic mass is 9.83. The molecule has 6 heteroatoms. The van der Waals surface area contributed by atoms with E-state index in [1.165, 1.54) is 0 Å². The molecule has 1 aromatic heterocycles. The fraction of sp³-hybridized carbons (Fsp3) is 0.231. The Labute approximate surface area is 187 Å². The average Bonchev–Trinajstić information content (AvgIpc) is 2.78. The number of nitrogens with two attached hydrogens (primary N) is 1. The monoisotopic (exact) mass is 427 g/mol. The molecule has 0 fully saturated rings. The van der Waals surface area contributed by atoms with Gasteiger partial charge in [0.25, 0.3) is 5.56 Å². The molecule has 1 aliphatic heterocycles. The number of para-hydroxylation sites is 1. The lowest BCUT2D eigenvalue weighted by Crippen LogP contribution is -2.33. The summed E-state index contributed by atoms with van der Waals surface area (Å²) in [6, 6.07) is 19.4. The molecule has 2 aromatic carbocycles. The van der Waals surface area contributed by atoms with Crippen molar-refractivity contribution in [2.75, 3.05) is 6.61 Å². The van der Waals surface area contributed by atoms with Gasteiger partial charge in [-0.15, -0.1) is 0 Å². The third kappa shape index (κ3) is 3.74. The maximum absolute atomic E-state index is 13.8. The predicted molar refractivity (Wildman–Crippen MR) is 123 cm³/mol. The minimum absolute atomic E-state index is 0.00591. The highest BCUT2D eigenvalue weighted by atomic mass is 16.5. The van der Waals surface area contributed by atoms with Gasteiger partial charge in [-0.05, 0) is 32.4 Å². The minimum Gasteiger partial charge on any atom is -0.494 e. The Balaban J connectivity index is 1.93. The number of aryl methyl sites for hydroxylation is 2. The van der Waals surface area contributed by atoms with E-state index < -0.39 is 5.92 Å². The van der Waals surface area contributed by atoms with E-state index in [4.69, 9.17) is 15.2 Å². The number of hydrogen-bond acceptors (Lipinski definition) is 5. The Morgan fingerprint density at radius 3 is 2.56 bits per heavy atom. The van der Waals surface area contributed by atoms with Crippen LogP contribution >= 0.6 is 0 Å². The molecule has 1 unspecified atom stereocenters. The van der Waals surface area contributed by atoms with Gasteiger partial charge in [0.2, 0.25) is 5.88 Å². The zero-order valence-electron chi connectivity index (χ0n) is 18.4. The van der Waals surface area contributed by atoms with Crippen LogP contribution in [0, 0.1) is 25.2 Å². The summed E-state index contributed by atoms with van der Waals surface area (Å²) < 4.78 is 13.3. The van der Waals surface area contributed by atoms with Crippen LogP contribution in [0.1, 0.15) is 40.8 Å². The molecule has 2 heterocycles. The Morgan fingerprint density at radius 2 is 1.88 bits per heavy atom. The number of nitriles is 1. The van der Waals surface area contributed by atoms with Gasteiger partial charge in [0.05, 0.1) is 24.6 Å². The number of rotatable bonds is 5. The maximum atomic E-state index is 13.8. The van der Waals surface area contributed by atoms with Crippen LogP contribution in [0.3, 0.4) is 0 Å². The number of nitrogens with zero attached hydrogens (tertiary/aromatic N) is 2. The zero-order chi connectivity index (χ0) is 22.8. The molecule has 3 aromatic rings. The van der Waals surface area contributed by atoms with Crippen molar-refractivity contribution in [1.29, 1.82) is 5.26 Å². The highest BCUT2D eigenvalue weighted by Gasteiger charge is 2.35. The number of hydrogen-bond donors (Lipinski definition) is 1. The molecule has 32 heavy (non-hydrogen) atoms. The molecule has 1 atom stereocenters. The maximum Gasteiger partial charge on any atom is 0.259 e. The first-order valence-corrected chi connectivity index (χ1v) is 10.5. The van der Waals surface area contributed by atoms with Crippen molar-refractivity contribution in [1.82, 2.24) is 4.57 Å². The second-order valence-electron chi connectivity index (χ2n) is 7.84. The number of allylic oxidation sites excluding steroid dienone is 1. The molecule has 6 nitrogen and oxygen atoms in total. The van der Waals surface area contributed by atoms with E-state index in [9.17, 15) is 10.1 Å². The van der Waals surface area contributed by atoms with Crippen LogP contribution in [-0.4, -0.2) is 11.2 Å². The largest absolute Gasteiger partial charge is 0.494 e. The molecule has 4 rings (SSSR count). The van der Waals surface area contributed by atoms with Crippen LogP contribution in [0.25, 0.3) is 0 Å². The van der Waals surface area contributed by atoms with E-state index in [1.54, 1.807) is 4.57 Å². The highest BCUT2D eigenvalue weighted by molar-refractivity contribution is 5.58. The van der Waals surface area contributed by atoms with Gasteiger partial charge < -0.3 is 19.8 Å². The number of fused-ring (bicyclic) bond motifs is 1. The summed E-state index contributed by atoms with van der Waals surface area (Å²) in [5.74, 6) is 0.314. The predicted octanol–water partition coefficient (Wildman–Crippen LogP) is 4.13. The van der Waals surface area contributed by atoms with Gasteiger partial charge in [-0.3, -0.25) is 4.79 Å². The quantitative estimate of drug-likeness (QED) is 0.661. The third-order valence-corrected chi connectivity index (χ3v) is 5.68. The SMILES string of the molecule is CCOc1ccccc1C1C(C#N)=C(N)Oc2cc(C)n(Cc3ccc(C)cc3)c(=O)c21. The molecule has 0 spiro atoms. The van der Waals surface area contributed by atoms with E-state index >= 15 is 0 Å². The van der Waals surface area contributed by atoms with Crippen molar-refractivity contribution in [3.63, 3.8) is 0 Å². The minimum atomic E-state index is -0.677. The number of benzene rings is 2. The van der Waals surface area contributed by atoms with Crippen LogP contribution in [0.15, 0.2) is 70.8 Å². The smallest absolute Gasteiger partial charge is 0.259 e. The fourth-order valence-electron chi connectivity index (χ4n) is 4.08. The molecule has 0 radical (unpaired) electrons. The zero-order valence-corrected chi connectivity index (χ0v) is 18.4.